The molecule has 0 bridgehead atoms. The number of hydrogen-bond donors (Lipinski definition) is 2. The highest BCUT2D eigenvalue weighted by atomic mass is 35.5. The maximum atomic E-state index is 11.9. The Hall–Kier alpha value is -3.04. The monoisotopic (exact) mass is 604 g/mol. The van der Waals surface area contributed by atoms with E-state index < -0.39 is 25.2 Å². The van der Waals surface area contributed by atoms with Gasteiger partial charge in [-0.05, 0) is 48.3 Å². The lowest BCUT2D eigenvalue weighted by Crippen LogP contribution is -2.10. The number of hydrogen-bond acceptors (Lipinski definition) is 6. The molecule has 0 unspecified atom stereocenters. The predicted octanol–water partition coefficient (Wildman–Crippen LogP) is 7.21. The molecule has 2 aromatic carbocycles. The van der Waals surface area contributed by atoms with Gasteiger partial charge in [0.15, 0.2) is 24.8 Å². The van der Waals surface area contributed by atoms with Crippen LogP contribution >= 0.6 is 46.4 Å². The smallest absolute Gasteiger partial charge is 0.341 e. The zero-order valence-corrected chi connectivity index (χ0v) is 23.4. The average Bonchev–Trinajstić information content (AvgIpc) is 2.88. The molecule has 0 saturated heterocycles. The Bertz CT molecular complexity index is 1170. The number of allylic oxidation sites excluding steroid dienone is 2. The summed E-state index contributed by atoms with van der Waals surface area (Å²) in [5, 5.41) is 17.1. The number of benzene rings is 2. The number of aliphatic carboxylic acids is 2. The van der Waals surface area contributed by atoms with Crippen LogP contribution in [0, 0.1) is 0 Å². The van der Waals surface area contributed by atoms with Gasteiger partial charge in [-0.25, -0.2) is 9.59 Å². The van der Waals surface area contributed by atoms with Gasteiger partial charge in [-0.3, -0.25) is 9.59 Å². The van der Waals surface area contributed by atoms with Crippen molar-refractivity contribution in [3.05, 3.63) is 79.8 Å². The van der Waals surface area contributed by atoms with E-state index in [1.54, 1.807) is 13.8 Å². The molecule has 0 aliphatic rings. The third kappa shape index (κ3) is 9.06. The van der Waals surface area contributed by atoms with Crippen molar-refractivity contribution in [2.45, 2.75) is 26.7 Å². The fourth-order valence-corrected chi connectivity index (χ4v) is 3.54. The second-order valence-electron chi connectivity index (χ2n) is 7.42. The molecule has 0 spiro atoms. The second kappa shape index (κ2) is 15.4. The first kappa shape index (κ1) is 33.0. The van der Waals surface area contributed by atoms with E-state index in [0.717, 1.165) is 0 Å². The van der Waals surface area contributed by atoms with Gasteiger partial charge in [0.2, 0.25) is 0 Å². The Morgan fingerprint density at radius 1 is 0.658 bits per heavy atom. The third-order valence-electron chi connectivity index (χ3n) is 4.78. The molecular weight excluding hydrogens is 582 g/mol. The van der Waals surface area contributed by atoms with E-state index in [1.807, 2.05) is 0 Å². The van der Waals surface area contributed by atoms with Crippen LogP contribution in [0.15, 0.2) is 48.6 Å². The Kier molecular flexibility index (Phi) is 13.4. The summed E-state index contributed by atoms with van der Waals surface area (Å²) < 4.78 is 9.90. The first-order valence-corrected chi connectivity index (χ1v) is 12.4. The molecule has 0 fully saturated rings. The van der Waals surface area contributed by atoms with Crippen molar-refractivity contribution < 1.29 is 38.9 Å². The molecular formula is C26H24Cl4O8. The van der Waals surface area contributed by atoms with Crippen LogP contribution in [0.5, 0.6) is 11.5 Å². The topological polar surface area (TPSA) is 127 Å². The van der Waals surface area contributed by atoms with Crippen LogP contribution in [0.4, 0.5) is 0 Å². The van der Waals surface area contributed by atoms with E-state index in [2.05, 4.69) is 13.2 Å². The van der Waals surface area contributed by atoms with Crippen LogP contribution in [0.1, 0.15) is 47.4 Å². The number of rotatable bonds is 12. The minimum atomic E-state index is -1.13. The van der Waals surface area contributed by atoms with Crippen LogP contribution in [0.25, 0.3) is 0 Å². The molecule has 0 aliphatic heterocycles. The van der Waals surface area contributed by atoms with Crippen molar-refractivity contribution in [3.63, 3.8) is 0 Å². The molecule has 2 rings (SSSR count). The minimum Gasteiger partial charge on any atom is -0.480 e. The first-order valence-electron chi connectivity index (χ1n) is 10.9. The number of carboxylic acids is 2. The van der Waals surface area contributed by atoms with E-state index in [-0.39, 0.29) is 54.3 Å². The number of carbonyl (C=O) groups excluding carboxylic acids is 2. The highest BCUT2D eigenvalue weighted by Gasteiger charge is 2.19. The van der Waals surface area contributed by atoms with Gasteiger partial charge >= 0.3 is 11.9 Å². The lowest BCUT2D eigenvalue weighted by Gasteiger charge is -2.10. The molecule has 2 aromatic rings. The van der Waals surface area contributed by atoms with E-state index in [0.29, 0.717) is 24.0 Å². The normalized spacial score (nSPS) is 10.1. The summed E-state index contributed by atoms with van der Waals surface area (Å²) in [7, 11) is 0. The molecule has 2 N–H and O–H groups in total. The Labute approximate surface area is 239 Å². The second-order valence-corrected chi connectivity index (χ2v) is 8.93. The summed E-state index contributed by atoms with van der Waals surface area (Å²) in [5.41, 5.74) is 1.27. The summed E-state index contributed by atoms with van der Waals surface area (Å²) in [4.78, 5) is 44.7. The van der Waals surface area contributed by atoms with Gasteiger partial charge in [0.1, 0.15) is 21.5 Å². The summed E-state index contributed by atoms with van der Waals surface area (Å²) in [5.74, 6) is -2.61. The SMILES string of the molecule is C=C(CC)C(=O)c1ccc(OCC(=O)O)c(Cl)c1Cl.C=C(CC)C(=O)c1ccc(OCC(=O)O)c(Cl)c1Cl. The van der Waals surface area contributed by atoms with Crippen molar-refractivity contribution in [1.82, 2.24) is 0 Å². The molecule has 0 amide bonds. The van der Waals surface area contributed by atoms with Crippen LogP contribution < -0.4 is 9.47 Å². The van der Waals surface area contributed by atoms with Crippen molar-refractivity contribution in [2.24, 2.45) is 0 Å². The average molecular weight is 606 g/mol. The first-order chi connectivity index (χ1) is 17.8. The molecule has 204 valence electrons. The van der Waals surface area contributed by atoms with Crippen molar-refractivity contribution in [3.8, 4) is 11.5 Å². The van der Waals surface area contributed by atoms with Gasteiger partial charge in [0, 0.05) is 11.1 Å². The van der Waals surface area contributed by atoms with Crippen LogP contribution in [-0.2, 0) is 9.59 Å². The maximum Gasteiger partial charge on any atom is 0.341 e. The fraction of sp³-hybridized carbons (Fsp3) is 0.231. The largest absolute Gasteiger partial charge is 0.480 e. The molecule has 12 heteroatoms. The maximum absolute atomic E-state index is 11.9. The van der Waals surface area contributed by atoms with Crippen molar-refractivity contribution in [2.75, 3.05) is 13.2 Å². The van der Waals surface area contributed by atoms with Gasteiger partial charge < -0.3 is 19.7 Å². The molecule has 0 aliphatic carbocycles. The number of ketones is 2. The van der Waals surface area contributed by atoms with E-state index >= 15 is 0 Å². The molecule has 0 atom stereocenters. The summed E-state index contributed by atoms with van der Waals surface area (Å²) in [6.45, 7) is 9.82. The highest BCUT2D eigenvalue weighted by Crippen LogP contribution is 2.36. The summed E-state index contributed by atoms with van der Waals surface area (Å²) in [6, 6.07) is 5.70. The minimum absolute atomic E-state index is 0.0117. The molecule has 0 heterocycles. The standard InChI is InChI=1S/2C13H12Cl2O4/c2*1-3-7(2)13(18)8-4-5-9(12(15)11(8)14)19-6-10(16)17/h2*4-5H,2-3,6H2,1H3,(H,16,17). The van der Waals surface area contributed by atoms with Gasteiger partial charge in [-0.2, -0.15) is 0 Å². The van der Waals surface area contributed by atoms with Gasteiger partial charge in [-0.15, -0.1) is 0 Å². The summed E-state index contributed by atoms with van der Waals surface area (Å²) in [6.07, 6.45) is 1.01. The zero-order chi connectivity index (χ0) is 29.2. The number of Topliss-reactive ketones (excluding diaryl/α,β-unsaturated/α-hetero) is 2. The zero-order valence-electron chi connectivity index (χ0n) is 20.4. The molecule has 0 radical (unpaired) electrons. The molecule has 0 aromatic heterocycles. The van der Waals surface area contributed by atoms with E-state index in [9.17, 15) is 19.2 Å². The van der Waals surface area contributed by atoms with Crippen LogP contribution in [0.2, 0.25) is 20.1 Å². The quantitative estimate of drug-likeness (QED) is 0.192. The van der Waals surface area contributed by atoms with Crippen LogP contribution in [-0.4, -0.2) is 46.9 Å². The number of ether oxygens (including phenoxy) is 2. The lowest BCUT2D eigenvalue weighted by atomic mass is 10.0. The fourth-order valence-electron chi connectivity index (χ4n) is 2.62. The Morgan fingerprint density at radius 2 is 0.974 bits per heavy atom. The Balaban J connectivity index is 0.000000380. The molecule has 8 nitrogen and oxygen atoms in total. The van der Waals surface area contributed by atoms with Crippen LogP contribution in [0.3, 0.4) is 0 Å². The van der Waals surface area contributed by atoms with Gasteiger partial charge in [0.25, 0.3) is 0 Å². The van der Waals surface area contributed by atoms with Gasteiger partial charge in [-0.1, -0.05) is 73.4 Å². The van der Waals surface area contributed by atoms with E-state index in [4.69, 9.17) is 66.1 Å². The highest BCUT2D eigenvalue weighted by molar-refractivity contribution is 6.46. The number of carboxylic acid groups (broad SMARTS) is 2. The lowest BCUT2D eigenvalue weighted by molar-refractivity contribution is -0.140. The van der Waals surface area contributed by atoms with Crippen molar-refractivity contribution >= 4 is 69.9 Å². The number of carbonyl (C=O) groups is 4. The van der Waals surface area contributed by atoms with E-state index in [1.165, 1.54) is 24.3 Å². The summed E-state index contributed by atoms with van der Waals surface area (Å²) >= 11 is 23.9. The third-order valence-corrected chi connectivity index (χ3v) is 6.51. The molecule has 0 saturated carbocycles. The predicted molar refractivity (Wildman–Crippen MR) is 147 cm³/mol. The van der Waals surface area contributed by atoms with Gasteiger partial charge in [0.05, 0.1) is 10.0 Å². The Morgan fingerprint density at radius 3 is 1.24 bits per heavy atom. The van der Waals surface area contributed by atoms with Crippen molar-refractivity contribution in [1.29, 1.82) is 0 Å². The molecule has 38 heavy (non-hydrogen) atoms. The number of halogens is 4.